The topological polar surface area (TPSA) is 67.5 Å². The molecule has 0 bridgehead atoms. The number of fused-ring (bicyclic) bond motifs is 1. The van der Waals surface area contributed by atoms with Crippen molar-refractivity contribution < 1.29 is 14.3 Å². The van der Waals surface area contributed by atoms with Gasteiger partial charge in [-0.2, -0.15) is 0 Å². The van der Waals surface area contributed by atoms with Crippen LogP contribution in [0.5, 0.6) is 0 Å². The summed E-state index contributed by atoms with van der Waals surface area (Å²) in [6, 6.07) is 4.76. The highest BCUT2D eigenvalue weighted by atomic mass is 79.9. The van der Waals surface area contributed by atoms with Crippen molar-refractivity contribution in [2.45, 2.75) is 0 Å². The summed E-state index contributed by atoms with van der Waals surface area (Å²) < 4.78 is 5.33. The summed E-state index contributed by atoms with van der Waals surface area (Å²) in [4.78, 5) is 22.2. The Kier molecular flexibility index (Phi) is 2.32. The third kappa shape index (κ3) is 1.66. The second kappa shape index (κ2) is 3.51. The third-order valence-electron chi connectivity index (χ3n) is 2.01. The van der Waals surface area contributed by atoms with Crippen LogP contribution < -0.4 is 5.63 Å². The van der Waals surface area contributed by atoms with Crippen LogP contribution in [0.25, 0.3) is 10.8 Å². The SMILES string of the molecule is O=C(O)c1coc(=O)c2ccc(Br)cc12. The number of carboxylic acid groups (broad SMARTS) is 1. The van der Waals surface area contributed by atoms with Gasteiger partial charge in [0.25, 0.3) is 0 Å². The Labute approximate surface area is 92.3 Å². The largest absolute Gasteiger partial charge is 0.478 e. The van der Waals surface area contributed by atoms with Gasteiger partial charge in [0.05, 0.1) is 5.39 Å². The highest BCUT2D eigenvalue weighted by molar-refractivity contribution is 9.10. The molecule has 0 atom stereocenters. The first kappa shape index (κ1) is 9.92. The Bertz CT molecular complexity index is 600. The third-order valence-corrected chi connectivity index (χ3v) is 2.50. The van der Waals surface area contributed by atoms with Crippen molar-refractivity contribution in [3.05, 3.63) is 44.9 Å². The zero-order valence-electron chi connectivity index (χ0n) is 7.36. The van der Waals surface area contributed by atoms with Crippen molar-refractivity contribution in [3.8, 4) is 0 Å². The van der Waals surface area contributed by atoms with E-state index in [2.05, 4.69) is 20.3 Å². The number of halogens is 1. The second-order valence-corrected chi connectivity index (χ2v) is 3.85. The summed E-state index contributed by atoms with van der Waals surface area (Å²) in [5.74, 6) is -1.12. The maximum absolute atomic E-state index is 11.3. The average Bonchev–Trinajstić information content (AvgIpc) is 2.17. The van der Waals surface area contributed by atoms with Gasteiger partial charge in [0.15, 0.2) is 0 Å². The van der Waals surface area contributed by atoms with E-state index in [0.717, 1.165) is 6.26 Å². The standard InChI is InChI=1S/C10H5BrO4/c11-5-1-2-6-7(3-5)8(9(12)13)4-15-10(6)14/h1-4H,(H,12,13). The van der Waals surface area contributed by atoms with Gasteiger partial charge in [-0.3, -0.25) is 0 Å². The van der Waals surface area contributed by atoms with Gasteiger partial charge in [-0.1, -0.05) is 15.9 Å². The molecule has 76 valence electrons. The fraction of sp³-hybridized carbons (Fsp3) is 0. The molecule has 0 saturated heterocycles. The van der Waals surface area contributed by atoms with Crippen LogP contribution in [0.4, 0.5) is 0 Å². The van der Waals surface area contributed by atoms with Gasteiger partial charge in [-0.25, -0.2) is 9.59 Å². The van der Waals surface area contributed by atoms with E-state index in [1.807, 2.05) is 0 Å². The molecule has 0 saturated carbocycles. The first-order valence-electron chi connectivity index (χ1n) is 4.04. The molecular formula is C10H5BrO4. The summed E-state index contributed by atoms with van der Waals surface area (Å²) in [6.45, 7) is 0. The first-order chi connectivity index (χ1) is 7.09. The zero-order valence-corrected chi connectivity index (χ0v) is 8.95. The summed E-state index contributed by atoms with van der Waals surface area (Å²) in [7, 11) is 0. The summed E-state index contributed by atoms with van der Waals surface area (Å²) >= 11 is 3.21. The van der Waals surface area contributed by atoms with Gasteiger partial charge in [0.1, 0.15) is 11.8 Å². The van der Waals surface area contributed by atoms with Crippen LogP contribution >= 0.6 is 15.9 Å². The Hall–Kier alpha value is -1.62. The molecule has 0 amide bonds. The highest BCUT2D eigenvalue weighted by Crippen LogP contribution is 2.20. The molecule has 1 heterocycles. The molecule has 15 heavy (non-hydrogen) atoms. The number of rotatable bonds is 1. The van der Waals surface area contributed by atoms with Crippen molar-refractivity contribution in [2.24, 2.45) is 0 Å². The molecule has 0 aliphatic rings. The van der Waals surface area contributed by atoms with Crippen molar-refractivity contribution in [1.29, 1.82) is 0 Å². The maximum atomic E-state index is 11.3. The van der Waals surface area contributed by atoms with Gasteiger partial charge in [-0.15, -0.1) is 0 Å². The smallest absolute Gasteiger partial charge is 0.343 e. The van der Waals surface area contributed by atoms with E-state index in [9.17, 15) is 9.59 Å². The summed E-state index contributed by atoms with van der Waals surface area (Å²) in [5, 5.41) is 9.52. The fourth-order valence-corrected chi connectivity index (χ4v) is 1.68. The van der Waals surface area contributed by atoms with Gasteiger partial charge in [0, 0.05) is 9.86 Å². The lowest BCUT2D eigenvalue weighted by atomic mass is 10.1. The van der Waals surface area contributed by atoms with Crippen LogP contribution in [-0.4, -0.2) is 11.1 Å². The minimum Gasteiger partial charge on any atom is -0.478 e. The summed E-state index contributed by atoms with van der Waals surface area (Å²) in [6.07, 6.45) is 0.958. The van der Waals surface area contributed by atoms with Gasteiger partial charge >= 0.3 is 11.6 Å². The number of carboxylic acids is 1. The molecule has 4 nitrogen and oxygen atoms in total. The maximum Gasteiger partial charge on any atom is 0.343 e. The van der Waals surface area contributed by atoms with Crippen LogP contribution in [-0.2, 0) is 0 Å². The monoisotopic (exact) mass is 268 g/mol. The van der Waals surface area contributed by atoms with Gasteiger partial charge in [0.2, 0.25) is 0 Å². The Morgan fingerprint density at radius 2 is 2.07 bits per heavy atom. The molecule has 5 heteroatoms. The van der Waals surface area contributed by atoms with E-state index in [1.54, 1.807) is 12.1 Å². The quantitative estimate of drug-likeness (QED) is 0.862. The predicted molar refractivity (Wildman–Crippen MR) is 57.1 cm³/mol. The van der Waals surface area contributed by atoms with E-state index >= 15 is 0 Å². The van der Waals surface area contributed by atoms with Crippen LogP contribution in [0.1, 0.15) is 10.4 Å². The lowest BCUT2D eigenvalue weighted by molar-refractivity contribution is 0.0696. The molecule has 0 radical (unpaired) electrons. The van der Waals surface area contributed by atoms with Gasteiger partial charge < -0.3 is 9.52 Å². The summed E-state index contributed by atoms with van der Waals surface area (Å²) in [5.41, 5.74) is -0.562. The Morgan fingerprint density at radius 3 is 2.73 bits per heavy atom. The molecule has 0 spiro atoms. The molecule has 1 aromatic carbocycles. The van der Waals surface area contributed by atoms with Crippen LogP contribution in [0.3, 0.4) is 0 Å². The van der Waals surface area contributed by atoms with Gasteiger partial charge in [-0.05, 0) is 18.2 Å². The molecule has 1 N–H and O–H groups in total. The van der Waals surface area contributed by atoms with E-state index in [4.69, 9.17) is 5.11 Å². The van der Waals surface area contributed by atoms with E-state index in [0.29, 0.717) is 9.86 Å². The minimum absolute atomic E-state index is 0.0223. The molecule has 0 aliphatic carbocycles. The molecule has 0 aliphatic heterocycles. The van der Waals surface area contributed by atoms with Crippen molar-refractivity contribution in [2.75, 3.05) is 0 Å². The van der Waals surface area contributed by atoms with E-state index in [-0.39, 0.29) is 10.9 Å². The number of hydrogen-bond donors (Lipinski definition) is 1. The average molecular weight is 269 g/mol. The fourth-order valence-electron chi connectivity index (χ4n) is 1.32. The number of benzene rings is 1. The van der Waals surface area contributed by atoms with Crippen molar-refractivity contribution >= 4 is 32.7 Å². The van der Waals surface area contributed by atoms with Crippen molar-refractivity contribution in [1.82, 2.24) is 0 Å². The molecule has 0 fully saturated rings. The number of aromatic carboxylic acids is 1. The molecule has 2 rings (SSSR count). The van der Waals surface area contributed by atoms with E-state index < -0.39 is 11.6 Å². The minimum atomic E-state index is -1.12. The van der Waals surface area contributed by atoms with Crippen LogP contribution in [0.2, 0.25) is 0 Å². The molecule has 2 aromatic rings. The second-order valence-electron chi connectivity index (χ2n) is 2.93. The van der Waals surface area contributed by atoms with E-state index in [1.165, 1.54) is 6.07 Å². The van der Waals surface area contributed by atoms with Crippen molar-refractivity contribution in [3.63, 3.8) is 0 Å². The van der Waals surface area contributed by atoms with Crippen LogP contribution in [0.15, 0.2) is 38.1 Å². The Morgan fingerprint density at radius 1 is 1.33 bits per heavy atom. The molecule has 0 unspecified atom stereocenters. The Balaban J connectivity index is 2.96. The molecule has 1 aromatic heterocycles. The normalized spacial score (nSPS) is 10.5. The lowest BCUT2D eigenvalue weighted by Crippen LogP contribution is -2.05. The first-order valence-corrected chi connectivity index (χ1v) is 4.83. The predicted octanol–water partition coefficient (Wildman–Crippen LogP) is 2.25. The number of carbonyl (C=O) groups is 1. The van der Waals surface area contributed by atoms with Crippen LogP contribution in [0, 0.1) is 0 Å². The molecular weight excluding hydrogens is 264 g/mol. The highest BCUT2D eigenvalue weighted by Gasteiger charge is 2.12. The lowest BCUT2D eigenvalue weighted by Gasteiger charge is -2.00. The number of hydrogen-bond acceptors (Lipinski definition) is 3. The zero-order chi connectivity index (χ0) is 11.0.